The standard InChI is InChI=1S/C12H26N2/c1-12(7-8-13)11-14-9-5-3-2-4-6-10-14/h12H,2-11,13H2,1H3. The molecule has 2 heteroatoms. The van der Waals surface area contributed by atoms with Gasteiger partial charge in [-0.3, -0.25) is 0 Å². The molecule has 1 aliphatic heterocycles. The summed E-state index contributed by atoms with van der Waals surface area (Å²) in [6.45, 7) is 7.06. The molecule has 0 radical (unpaired) electrons. The minimum atomic E-state index is 0.777. The highest BCUT2D eigenvalue weighted by atomic mass is 15.1. The van der Waals surface area contributed by atoms with Gasteiger partial charge >= 0.3 is 0 Å². The van der Waals surface area contributed by atoms with E-state index in [4.69, 9.17) is 5.73 Å². The fourth-order valence-electron chi connectivity index (χ4n) is 2.31. The number of rotatable bonds is 4. The topological polar surface area (TPSA) is 29.3 Å². The SMILES string of the molecule is CC(CCN)CN1CCCCCCC1. The Morgan fingerprint density at radius 3 is 2.21 bits per heavy atom. The molecule has 0 saturated carbocycles. The van der Waals surface area contributed by atoms with E-state index in [1.807, 2.05) is 0 Å². The maximum absolute atomic E-state index is 5.57. The smallest absolute Gasteiger partial charge is 0.000749 e. The van der Waals surface area contributed by atoms with E-state index in [1.165, 1.54) is 58.2 Å². The molecule has 0 aromatic heterocycles. The average molecular weight is 198 g/mol. The van der Waals surface area contributed by atoms with Crippen molar-refractivity contribution in [2.75, 3.05) is 26.2 Å². The molecule has 2 N–H and O–H groups in total. The van der Waals surface area contributed by atoms with Crippen LogP contribution in [0.4, 0.5) is 0 Å². The monoisotopic (exact) mass is 198 g/mol. The first kappa shape index (κ1) is 12.0. The van der Waals surface area contributed by atoms with Crippen molar-refractivity contribution in [1.29, 1.82) is 0 Å². The van der Waals surface area contributed by atoms with Crippen LogP contribution in [0.2, 0.25) is 0 Å². The molecular formula is C12H26N2. The molecule has 84 valence electrons. The lowest BCUT2D eigenvalue weighted by Gasteiger charge is -2.27. The van der Waals surface area contributed by atoms with E-state index in [-0.39, 0.29) is 0 Å². The van der Waals surface area contributed by atoms with Crippen LogP contribution in [-0.4, -0.2) is 31.1 Å². The van der Waals surface area contributed by atoms with Crippen molar-refractivity contribution in [3.05, 3.63) is 0 Å². The Kier molecular flexibility index (Phi) is 6.20. The van der Waals surface area contributed by atoms with Crippen molar-refractivity contribution < 1.29 is 0 Å². The molecule has 1 rings (SSSR count). The second-order valence-corrected chi connectivity index (χ2v) is 4.75. The molecular weight excluding hydrogens is 172 g/mol. The summed E-state index contributed by atoms with van der Waals surface area (Å²) in [5, 5.41) is 0. The molecule has 1 unspecified atom stereocenters. The minimum absolute atomic E-state index is 0.777. The van der Waals surface area contributed by atoms with Gasteiger partial charge in [0.15, 0.2) is 0 Å². The molecule has 1 heterocycles. The van der Waals surface area contributed by atoms with E-state index in [0.29, 0.717) is 0 Å². The van der Waals surface area contributed by atoms with Crippen molar-refractivity contribution in [3.63, 3.8) is 0 Å². The summed E-state index contributed by atoms with van der Waals surface area (Å²) in [4.78, 5) is 2.64. The van der Waals surface area contributed by atoms with Gasteiger partial charge in [-0.15, -0.1) is 0 Å². The number of likely N-dealkylation sites (tertiary alicyclic amines) is 1. The number of nitrogens with two attached hydrogens (primary N) is 1. The van der Waals surface area contributed by atoms with Gasteiger partial charge in [-0.05, 0) is 44.8 Å². The maximum Gasteiger partial charge on any atom is 0.000749 e. The molecule has 0 aliphatic carbocycles. The Balaban J connectivity index is 2.19. The second kappa shape index (κ2) is 7.24. The quantitative estimate of drug-likeness (QED) is 0.750. The van der Waals surface area contributed by atoms with Gasteiger partial charge in [0, 0.05) is 6.54 Å². The third-order valence-electron chi connectivity index (χ3n) is 3.18. The van der Waals surface area contributed by atoms with Crippen LogP contribution in [0.15, 0.2) is 0 Å². The highest BCUT2D eigenvalue weighted by Crippen LogP contribution is 2.12. The molecule has 1 atom stereocenters. The Morgan fingerprint density at radius 1 is 1.07 bits per heavy atom. The zero-order valence-corrected chi connectivity index (χ0v) is 9.67. The van der Waals surface area contributed by atoms with Crippen molar-refractivity contribution >= 4 is 0 Å². The zero-order chi connectivity index (χ0) is 10.2. The van der Waals surface area contributed by atoms with Gasteiger partial charge in [0.05, 0.1) is 0 Å². The minimum Gasteiger partial charge on any atom is -0.330 e. The van der Waals surface area contributed by atoms with Crippen LogP contribution < -0.4 is 5.73 Å². The van der Waals surface area contributed by atoms with E-state index in [9.17, 15) is 0 Å². The maximum atomic E-state index is 5.57. The van der Waals surface area contributed by atoms with Crippen LogP contribution in [0, 0.1) is 5.92 Å². The van der Waals surface area contributed by atoms with Gasteiger partial charge in [-0.25, -0.2) is 0 Å². The molecule has 1 aliphatic rings. The van der Waals surface area contributed by atoms with Gasteiger partial charge in [-0.2, -0.15) is 0 Å². The molecule has 2 nitrogen and oxygen atoms in total. The van der Waals surface area contributed by atoms with Crippen LogP contribution in [0.5, 0.6) is 0 Å². The molecule has 0 spiro atoms. The summed E-state index contributed by atoms with van der Waals surface area (Å²) in [5.74, 6) is 0.777. The molecule has 0 bridgehead atoms. The number of hydrogen-bond acceptors (Lipinski definition) is 2. The largest absolute Gasteiger partial charge is 0.330 e. The van der Waals surface area contributed by atoms with Crippen molar-refractivity contribution in [1.82, 2.24) is 4.90 Å². The number of nitrogens with zero attached hydrogens (tertiary/aromatic N) is 1. The Labute approximate surface area is 88.8 Å². The van der Waals surface area contributed by atoms with Gasteiger partial charge in [0.25, 0.3) is 0 Å². The molecule has 0 amide bonds. The number of hydrogen-bond donors (Lipinski definition) is 1. The lowest BCUT2D eigenvalue weighted by molar-refractivity contribution is 0.214. The predicted octanol–water partition coefficient (Wildman–Crippen LogP) is 2.24. The van der Waals surface area contributed by atoms with Gasteiger partial charge in [0.1, 0.15) is 0 Å². The molecule has 14 heavy (non-hydrogen) atoms. The van der Waals surface area contributed by atoms with Crippen LogP contribution in [0.3, 0.4) is 0 Å². The van der Waals surface area contributed by atoms with E-state index >= 15 is 0 Å². The normalized spacial score (nSPS) is 22.7. The first-order chi connectivity index (χ1) is 6.83. The Bertz CT molecular complexity index is 128. The lowest BCUT2D eigenvalue weighted by atomic mass is 10.0. The summed E-state index contributed by atoms with van der Waals surface area (Å²) in [7, 11) is 0. The third kappa shape index (κ3) is 4.97. The van der Waals surface area contributed by atoms with Crippen LogP contribution in [-0.2, 0) is 0 Å². The van der Waals surface area contributed by atoms with Crippen LogP contribution in [0.1, 0.15) is 45.4 Å². The summed E-state index contributed by atoms with van der Waals surface area (Å²) < 4.78 is 0. The van der Waals surface area contributed by atoms with E-state index in [2.05, 4.69) is 11.8 Å². The average Bonchev–Trinajstić information content (AvgIpc) is 2.10. The lowest BCUT2D eigenvalue weighted by Crippen LogP contribution is -2.32. The van der Waals surface area contributed by atoms with Crippen molar-refractivity contribution in [2.24, 2.45) is 11.7 Å². The third-order valence-corrected chi connectivity index (χ3v) is 3.18. The zero-order valence-electron chi connectivity index (χ0n) is 9.67. The first-order valence-electron chi connectivity index (χ1n) is 6.25. The van der Waals surface area contributed by atoms with Gasteiger partial charge in [0.2, 0.25) is 0 Å². The molecule has 1 saturated heterocycles. The van der Waals surface area contributed by atoms with Crippen LogP contribution in [0.25, 0.3) is 0 Å². The van der Waals surface area contributed by atoms with E-state index in [1.54, 1.807) is 0 Å². The fourth-order valence-corrected chi connectivity index (χ4v) is 2.31. The fraction of sp³-hybridized carbons (Fsp3) is 1.00. The summed E-state index contributed by atoms with van der Waals surface area (Å²) in [6.07, 6.45) is 8.29. The van der Waals surface area contributed by atoms with E-state index < -0.39 is 0 Å². The predicted molar refractivity (Wildman–Crippen MR) is 62.4 cm³/mol. The molecule has 0 aromatic rings. The Hall–Kier alpha value is -0.0800. The summed E-state index contributed by atoms with van der Waals surface area (Å²) in [6, 6.07) is 0. The van der Waals surface area contributed by atoms with Crippen LogP contribution >= 0.6 is 0 Å². The van der Waals surface area contributed by atoms with Gasteiger partial charge < -0.3 is 10.6 Å². The second-order valence-electron chi connectivity index (χ2n) is 4.75. The highest BCUT2D eigenvalue weighted by molar-refractivity contribution is 4.66. The molecule has 0 aromatic carbocycles. The highest BCUT2D eigenvalue weighted by Gasteiger charge is 2.10. The Morgan fingerprint density at radius 2 is 1.64 bits per heavy atom. The summed E-state index contributed by atoms with van der Waals surface area (Å²) >= 11 is 0. The van der Waals surface area contributed by atoms with E-state index in [0.717, 1.165) is 12.5 Å². The molecule has 1 fully saturated rings. The first-order valence-corrected chi connectivity index (χ1v) is 6.25. The van der Waals surface area contributed by atoms with Crippen molar-refractivity contribution in [3.8, 4) is 0 Å². The van der Waals surface area contributed by atoms with Gasteiger partial charge in [-0.1, -0.05) is 26.2 Å². The van der Waals surface area contributed by atoms with Crippen molar-refractivity contribution in [2.45, 2.75) is 45.4 Å². The summed E-state index contributed by atoms with van der Waals surface area (Å²) in [5.41, 5.74) is 5.57.